The number of halogens is 4. The Morgan fingerprint density at radius 3 is 1.53 bits per heavy atom. The first-order valence-corrected chi connectivity index (χ1v) is 18.3. The zero-order valence-electron chi connectivity index (χ0n) is 27.6. The Morgan fingerprint density at radius 2 is 1.10 bits per heavy atom. The third-order valence-electron chi connectivity index (χ3n) is 8.14. The van der Waals surface area contributed by atoms with Crippen molar-refractivity contribution >= 4 is 84.5 Å². The Morgan fingerprint density at radius 1 is 0.588 bits per heavy atom. The van der Waals surface area contributed by atoms with E-state index in [0.717, 1.165) is 66.4 Å². The molecule has 0 fully saturated rings. The summed E-state index contributed by atoms with van der Waals surface area (Å²) < 4.78 is 15.3. The van der Waals surface area contributed by atoms with Crippen molar-refractivity contribution in [3.8, 4) is 22.3 Å². The van der Waals surface area contributed by atoms with Crippen LogP contribution in [-0.2, 0) is 12.8 Å². The quantitative estimate of drug-likeness (QED) is 0.151. The third-order valence-corrected chi connectivity index (χ3v) is 10.2. The SMILES string of the molecule is CN(C)c1ccc(Cc2cc(-c3cccc(Cl)c3)c3ncsc3c2)cn1.Cl.Fc1ccc(Cc2cc(-c3cccc(Cl)c3)c3ncsc3c2)cn1. The molecule has 0 atom stereocenters. The number of rotatable bonds is 7. The average Bonchev–Trinajstić information content (AvgIpc) is 3.79. The second-order valence-electron chi connectivity index (χ2n) is 12.0. The fourth-order valence-corrected chi connectivity index (χ4v) is 7.68. The van der Waals surface area contributed by atoms with E-state index in [1.807, 2.05) is 78.7 Å². The minimum atomic E-state index is -0.462. The molecule has 8 rings (SSSR count). The van der Waals surface area contributed by atoms with Crippen molar-refractivity contribution in [1.29, 1.82) is 0 Å². The van der Waals surface area contributed by atoms with E-state index in [4.69, 9.17) is 23.2 Å². The minimum Gasteiger partial charge on any atom is -0.363 e. The molecule has 4 aromatic heterocycles. The van der Waals surface area contributed by atoms with E-state index in [2.05, 4.69) is 62.4 Å². The van der Waals surface area contributed by atoms with Crippen molar-refractivity contribution in [2.24, 2.45) is 0 Å². The topological polar surface area (TPSA) is 54.8 Å². The highest BCUT2D eigenvalue weighted by molar-refractivity contribution is 7.17. The van der Waals surface area contributed by atoms with Crippen LogP contribution in [0.3, 0.4) is 0 Å². The maximum absolute atomic E-state index is 13.0. The van der Waals surface area contributed by atoms with Crippen molar-refractivity contribution < 1.29 is 4.39 Å². The molecule has 0 aliphatic rings. The summed E-state index contributed by atoms with van der Waals surface area (Å²) in [6.45, 7) is 0. The molecule has 5 nitrogen and oxygen atoms in total. The molecule has 11 heteroatoms. The van der Waals surface area contributed by atoms with Gasteiger partial charge in [0.1, 0.15) is 5.82 Å². The minimum absolute atomic E-state index is 0. The Balaban J connectivity index is 0.000000173. The largest absolute Gasteiger partial charge is 0.363 e. The summed E-state index contributed by atoms with van der Waals surface area (Å²) in [5, 5.41) is 1.43. The van der Waals surface area contributed by atoms with E-state index in [-0.39, 0.29) is 12.4 Å². The van der Waals surface area contributed by atoms with E-state index in [9.17, 15) is 4.39 Å². The van der Waals surface area contributed by atoms with Crippen LogP contribution < -0.4 is 4.90 Å². The second-order valence-corrected chi connectivity index (χ2v) is 14.6. The van der Waals surface area contributed by atoms with E-state index in [1.54, 1.807) is 34.9 Å². The summed E-state index contributed by atoms with van der Waals surface area (Å²) in [5.74, 6) is 0.502. The molecule has 0 spiro atoms. The molecule has 0 aliphatic heterocycles. The summed E-state index contributed by atoms with van der Waals surface area (Å²) >= 11 is 15.6. The fraction of sp³-hybridized carbons (Fsp3) is 0.100. The molecule has 0 radical (unpaired) electrons. The van der Waals surface area contributed by atoms with Crippen molar-refractivity contribution in [2.45, 2.75) is 12.8 Å². The van der Waals surface area contributed by atoms with Gasteiger partial charge in [-0.3, -0.25) is 0 Å². The summed E-state index contributed by atoms with van der Waals surface area (Å²) in [6.07, 6.45) is 5.05. The lowest BCUT2D eigenvalue weighted by molar-refractivity contribution is 0.582. The standard InChI is InChI=1S/C21H18ClN3S.C19H12ClFN2S.ClH/c1-25(2)20-7-6-14(12-23-20)8-15-9-18(16-4-3-5-17(22)11-16)21-19(10-15)26-13-24-21;20-15-3-1-2-14(9-15)16-7-13(8-17-19(16)23-11-24-17)6-12-4-5-18(21)22-10-12;/h3-7,9-13H,8H2,1-2H3;1-5,7-11H,6H2;1H. The normalized spacial score (nSPS) is 10.8. The van der Waals surface area contributed by atoms with Crippen LogP contribution in [0.4, 0.5) is 10.2 Å². The van der Waals surface area contributed by atoms with Crippen LogP contribution in [0, 0.1) is 5.95 Å². The molecular formula is C40H31Cl3FN5S2. The molecule has 0 unspecified atom stereocenters. The lowest BCUT2D eigenvalue weighted by Crippen LogP contribution is -2.10. The number of anilines is 1. The summed E-state index contributed by atoms with van der Waals surface area (Å²) in [6, 6.07) is 31.7. The van der Waals surface area contributed by atoms with Crippen LogP contribution in [0.25, 0.3) is 42.7 Å². The predicted octanol–water partition coefficient (Wildman–Crippen LogP) is 11.8. The highest BCUT2D eigenvalue weighted by atomic mass is 35.5. The Bertz CT molecular complexity index is 2410. The van der Waals surface area contributed by atoms with Gasteiger partial charge in [0.25, 0.3) is 0 Å². The highest BCUT2D eigenvalue weighted by Gasteiger charge is 2.12. The summed E-state index contributed by atoms with van der Waals surface area (Å²) in [5.41, 5.74) is 14.6. The summed E-state index contributed by atoms with van der Waals surface area (Å²) in [4.78, 5) is 19.3. The molecule has 4 aromatic carbocycles. The van der Waals surface area contributed by atoms with Gasteiger partial charge >= 0.3 is 0 Å². The van der Waals surface area contributed by atoms with Crippen LogP contribution in [0.2, 0.25) is 10.0 Å². The Kier molecular flexibility index (Phi) is 11.6. The number of nitrogens with zero attached hydrogens (tertiary/aromatic N) is 5. The molecule has 0 saturated heterocycles. The lowest BCUT2D eigenvalue weighted by Gasteiger charge is -2.12. The predicted molar refractivity (Wildman–Crippen MR) is 216 cm³/mol. The number of aromatic nitrogens is 4. The van der Waals surface area contributed by atoms with E-state index >= 15 is 0 Å². The molecule has 0 aliphatic carbocycles. The van der Waals surface area contributed by atoms with Gasteiger partial charge in [0, 0.05) is 47.7 Å². The van der Waals surface area contributed by atoms with Crippen LogP contribution in [-0.4, -0.2) is 34.0 Å². The first-order chi connectivity index (χ1) is 24.3. The highest BCUT2D eigenvalue weighted by Crippen LogP contribution is 2.35. The van der Waals surface area contributed by atoms with Gasteiger partial charge in [-0.25, -0.2) is 19.9 Å². The molecule has 256 valence electrons. The number of hydrogen-bond donors (Lipinski definition) is 0. The summed E-state index contributed by atoms with van der Waals surface area (Å²) in [7, 11) is 3.99. The monoisotopic (exact) mass is 769 g/mol. The molecule has 8 aromatic rings. The number of hydrogen-bond acceptors (Lipinski definition) is 7. The van der Waals surface area contributed by atoms with Crippen LogP contribution in [0.1, 0.15) is 22.3 Å². The third kappa shape index (κ3) is 8.72. The van der Waals surface area contributed by atoms with Gasteiger partial charge < -0.3 is 4.90 Å². The van der Waals surface area contributed by atoms with E-state index in [0.29, 0.717) is 11.4 Å². The molecule has 0 bridgehead atoms. The zero-order chi connectivity index (χ0) is 34.6. The van der Waals surface area contributed by atoms with Gasteiger partial charge in [-0.1, -0.05) is 59.6 Å². The molecule has 4 heterocycles. The van der Waals surface area contributed by atoms with Crippen molar-refractivity contribution in [1.82, 2.24) is 19.9 Å². The smallest absolute Gasteiger partial charge is 0.212 e. The van der Waals surface area contributed by atoms with Crippen molar-refractivity contribution in [3.63, 3.8) is 0 Å². The van der Waals surface area contributed by atoms with Gasteiger partial charge in [-0.05, 0) is 107 Å². The average molecular weight is 771 g/mol. The maximum atomic E-state index is 13.0. The van der Waals surface area contributed by atoms with Crippen molar-refractivity contribution in [3.05, 3.63) is 159 Å². The fourth-order valence-electron chi connectivity index (χ4n) is 5.77. The molecule has 0 amide bonds. The lowest BCUT2D eigenvalue weighted by atomic mass is 9.98. The van der Waals surface area contributed by atoms with Crippen LogP contribution in [0.15, 0.2) is 120 Å². The van der Waals surface area contributed by atoms with Gasteiger partial charge in [0.05, 0.1) is 31.5 Å². The molecule has 0 N–H and O–H groups in total. The number of benzene rings is 4. The maximum Gasteiger partial charge on any atom is 0.212 e. The van der Waals surface area contributed by atoms with Crippen molar-refractivity contribution in [2.75, 3.05) is 19.0 Å². The number of fused-ring (bicyclic) bond motifs is 2. The molecular weight excluding hydrogens is 740 g/mol. The molecule has 51 heavy (non-hydrogen) atoms. The first kappa shape index (κ1) is 36.4. The zero-order valence-corrected chi connectivity index (χ0v) is 31.5. The van der Waals surface area contributed by atoms with Crippen LogP contribution >= 0.6 is 58.3 Å². The van der Waals surface area contributed by atoms with E-state index < -0.39 is 5.95 Å². The molecule has 0 saturated carbocycles. The second kappa shape index (κ2) is 16.3. The van der Waals surface area contributed by atoms with Gasteiger partial charge in [-0.15, -0.1) is 35.1 Å². The Labute approximate surface area is 319 Å². The van der Waals surface area contributed by atoms with Gasteiger partial charge in [0.2, 0.25) is 5.95 Å². The van der Waals surface area contributed by atoms with Gasteiger partial charge in [0.15, 0.2) is 0 Å². The van der Waals surface area contributed by atoms with Gasteiger partial charge in [-0.2, -0.15) is 4.39 Å². The van der Waals surface area contributed by atoms with E-state index in [1.165, 1.54) is 21.9 Å². The number of thiazole rings is 2. The first-order valence-electron chi connectivity index (χ1n) is 15.8. The van der Waals surface area contributed by atoms with Crippen LogP contribution in [0.5, 0.6) is 0 Å². The Hall–Kier alpha value is -4.44. The number of pyridine rings is 2.